The second-order valence-corrected chi connectivity index (χ2v) is 22.5. The zero-order chi connectivity index (χ0) is 34.1. The molecule has 1 saturated carbocycles. The third-order valence-corrected chi connectivity index (χ3v) is 19.8. The molecule has 0 aromatic heterocycles. The van der Waals surface area contributed by atoms with Gasteiger partial charge >= 0.3 is 6.09 Å². The van der Waals surface area contributed by atoms with Gasteiger partial charge in [0.25, 0.3) is 0 Å². The third kappa shape index (κ3) is 6.28. The van der Waals surface area contributed by atoms with Gasteiger partial charge in [-0.15, -0.1) is 0 Å². The first-order chi connectivity index (χ1) is 23.1. The number of cyclic esters (lactones) is 1. The second kappa shape index (κ2) is 14.9. The van der Waals surface area contributed by atoms with Crippen LogP contribution in [0.1, 0.15) is 118 Å². The van der Waals surface area contributed by atoms with Gasteiger partial charge in [0.15, 0.2) is 8.32 Å². The highest BCUT2D eigenvalue weighted by Crippen LogP contribution is 2.64. The first-order valence-electron chi connectivity index (χ1n) is 19.7. The molecule has 270 valence electrons. The summed E-state index contributed by atoms with van der Waals surface area (Å²) >= 11 is 0. The number of benzene rings is 1. The van der Waals surface area contributed by atoms with Crippen LogP contribution in [0.4, 0.5) is 4.79 Å². The molecule has 1 aromatic rings. The molecule has 0 unspecified atom stereocenters. The van der Waals surface area contributed by atoms with Crippen molar-refractivity contribution in [3.8, 4) is 5.75 Å². The van der Waals surface area contributed by atoms with Crippen molar-refractivity contribution < 1.29 is 23.4 Å². The molecule has 0 radical (unpaired) electrons. The highest BCUT2D eigenvalue weighted by Gasteiger charge is 2.75. The van der Waals surface area contributed by atoms with Crippen LogP contribution >= 0.6 is 0 Å². The van der Waals surface area contributed by atoms with Gasteiger partial charge < -0.3 is 18.6 Å². The van der Waals surface area contributed by atoms with Gasteiger partial charge in [-0.25, -0.2) is 4.79 Å². The molecular weight excluding hydrogens is 617 g/mol. The van der Waals surface area contributed by atoms with Crippen LogP contribution in [-0.4, -0.2) is 81.9 Å². The lowest BCUT2D eigenvalue weighted by Crippen LogP contribution is -2.80. The lowest BCUT2D eigenvalue weighted by molar-refractivity contribution is -0.216. The molecule has 1 aliphatic carbocycles. The Morgan fingerprint density at radius 3 is 2.19 bits per heavy atom. The maximum Gasteiger partial charge on any atom is 0.410 e. The number of hydrogen-bond donors (Lipinski definition) is 0. The summed E-state index contributed by atoms with van der Waals surface area (Å²) in [5.74, 6) is 1.73. The average Bonchev–Trinajstić information content (AvgIpc) is 3.32. The van der Waals surface area contributed by atoms with E-state index in [0.717, 1.165) is 50.4 Å². The zero-order valence-electron chi connectivity index (χ0n) is 31.3. The van der Waals surface area contributed by atoms with Crippen LogP contribution in [0.2, 0.25) is 16.6 Å². The van der Waals surface area contributed by atoms with E-state index in [9.17, 15) is 4.79 Å². The summed E-state index contributed by atoms with van der Waals surface area (Å²) in [5.41, 5.74) is 2.32. The molecule has 1 aromatic carbocycles. The standard InChI is InChI=1S/C40H66N2O5Si/c1-29(2)48(30(3)4,31(5)6)47-28-39-21-14-12-10-8-9-11-13-15-22-41-23-20-35-33(24-39)25-42-38(43)46-27-36(40(35,42)37(39)41)45-26-32-16-18-34(44-7)19-17-32/h16-19,29-31,33,35-37H,8-15,20-28H2,1-7H3/t33-,35-,36+,37-,39-,40+/m0/s1. The summed E-state index contributed by atoms with van der Waals surface area (Å²) in [6, 6.07) is 8.42. The smallest absolute Gasteiger partial charge is 0.410 e. The number of carbonyl (C=O) groups excluding carboxylic acids is 1. The van der Waals surface area contributed by atoms with Crippen molar-refractivity contribution in [3.63, 3.8) is 0 Å². The van der Waals surface area contributed by atoms with Crippen molar-refractivity contribution in [1.29, 1.82) is 0 Å². The average molecular weight is 683 g/mol. The number of nitrogens with zero attached hydrogens (tertiary/aromatic N) is 2. The van der Waals surface area contributed by atoms with Crippen molar-refractivity contribution in [2.75, 3.05) is 40.0 Å². The minimum absolute atomic E-state index is 0.0271. The van der Waals surface area contributed by atoms with E-state index in [1.165, 1.54) is 57.8 Å². The topological polar surface area (TPSA) is 60.5 Å². The van der Waals surface area contributed by atoms with Crippen LogP contribution in [0.15, 0.2) is 24.3 Å². The number of hydrogen-bond acceptors (Lipinski definition) is 6. The summed E-state index contributed by atoms with van der Waals surface area (Å²) in [6.45, 7) is 19.2. The molecule has 1 amide bonds. The number of piperidine rings is 1. The van der Waals surface area contributed by atoms with Gasteiger partial charge in [-0.3, -0.25) is 9.80 Å². The van der Waals surface area contributed by atoms with Gasteiger partial charge in [0.05, 0.1) is 19.3 Å². The Bertz CT molecular complexity index is 1200. The molecule has 5 fully saturated rings. The number of rotatable bonds is 10. The van der Waals surface area contributed by atoms with Crippen molar-refractivity contribution in [3.05, 3.63) is 29.8 Å². The molecule has 8 heteroatoms. The molecule has 4 aliphatic heterocycles. The zero-order valence-corrected chi connectivity index (χ0v) is 32.3. The highest BCUT2D eigenvalue weighted by molar-refractivity contribution is 6.77. The van der Waals surface area contributed by atoms with Gasteiger partial charge in [0, 0.05) is 24.6 Å². The Morgan fingerprint density at radius 1 is 0.896 bits per heavy atom. The maximum absolute atomic E-state index is 14.0. The van der Waals surface area contributed by atoms with Crippen LogP contribution in [0.25, 0.3) is 0 Å². The number of ether oxygens (including phenoxy) is 3. The van der Waals surface area contributed by atoms with Crippen LogP contribution in [0.3, 0.4) is 0 Å². The summed E-state index contributed by atoms with van der Waals surface area (Å²) in [5, 5.41) is 0. The molecule has 0 N–H and O–H groups in total. The Morgan fingerprint density at radius 2 is 1.54 bits per heavy atom. The molecule has 5 aliphatic rings. The first-order valence-corrected chi connectivity index (χ1v) is 21.8. The van der Waals surface area contributed by atoms with E-state index >= 15 is 0 Å². The van der Waals surface area contributed by atoms with E-state index in [0.29, 0.717) is 41.7 Å². The molecule has 48 heavy (non-hydrogen) atoms. The fourth-order valence-electron chi connectivity index (χ4n) is 12.0. The molecule has 4 saturated heterocycles. The van der Waals surface area contributed by atoms with Crippen molar-refractivity contribution >= 4 is 14.4 Å². The first kappa shape index (κ1) is 36.2. The summed E-state index contributed by atoms with van der Waals surface area (Å²) < 4.78 is 26.2. The van der Waals surface area contributed by atoms with Crippen LogP contribution in [0, 0.1) is 17.3 Å². The SMILES string of the molecule is COc1ccc(CO[C@@H]2COC(=O)N3C[C@@H]4C[C@]5(CO[Si](C(C)C)(C(C)C)C(C)C)CCCCCCCCCCN6CC[C@@H]4[C@]23[C@@H]65)cc1. The fraction of sp³-hybridized carbons (Fsp3) is 0.825. The minimum Gasteiger partial charge on any atom is -0.497 e. The summed E-state index contributed by atoms with van der Waals surface area (Å²) in [7, 11) is -0.420. The largest absolute Gasteiger partial charge is 0.497 e. The Kier molecular flexibility index (Phi) is 11.3. The summed E-state index contributed by atoms with van der Waals surface area (Å²) in [4.78, 5) is 19.0. The fourth-order valence-corrected chi connectivity index (χ4v) is 17.5. The van der Waals surface area contributed by atoms with Crippen LogP contribution in [-0.2, 0) is 20.5 Å². The molecule has 6 rings (SSSR count). The second-order valence-electron chi connectivity index (χ2n) is 17.1. The number of carbonyl (C=O) groups is 1. The van der Waals surface area contributed by atoms with E-state index in [4.69, 9.17) is 18.6 Å². The third-order valence-electron chi connectivity index (χ3n) is 13.7. The van der Waals surface area contributed by atoms with E-state index in [1.807, 2.05) is 12.1 Å². The Hall–Kier alpha value is -1.61. The normalized spacial score (nSPS) is 33.2. The predicted molar refractivity (Wildman–Crippen MR) is 195 cm³/mol. The van der Waals surface area contributed by atoms with Crippen LogP contribution in [0.5, 0.6) is 5.75 Å². The van der Waals surface area contributed by atoms with Crippen molar-refractivity contribution in [1.82, 2.24) is 9.80 Å². The van der Waals surface area contributed by atoms with E-state index < -0.39 is 13.9 Å². The molecular formula is C40H66N2O5Si. The van der Waals surface area contributed by atoms with Gasteiger partial charge in [-0.05, 0) is 84.9 Å². The van der Waals surface area contributed by atoms with Gasteiger partial charge in [0.2, 0.25) is 0 Å². The van der Waals surface area contributed by atoms with Gasteiger partial charge in [-0.2, -0.15) is 0 Å². The highest BCUT2D eigenvalue weighted by atomic mass is 28.4. The number of amides is 1. The molecule has 6 atom stereocenters. The monoisotopic (exact) mass is 682 g/mol. The van der Waals surface area contributed by atoms with Crippen LogP contribution < -0.4 is 4.74 Å². The number of methoxy groups -OCH3 is 1. The van der Waals surface area contributed by atoms with E-state index in [-0.39, 0.29) is 23.7 Å². The molecule has 4 bridgehead atoms. The summed E-state index contributed by atoms with van der Waals surface area (Å²) in [6.07, 6.45) is 13.6. The Balaban J connectivity index is 1.44. The van der Waals surface area contributed by atoms with Crippen molar-refractivity contribution in [2.24, 2.45) is 17.3 Å². The predicted octanol–water partition coefficient (Wildman–Crippen LogP) is 9.20. The van der Waals surface area contributed by atoms with E-state index in [2.05, 4.69) is 63.5 Å². The molecule has 7 nitrogen and oxygen atoms in total. The van der Waals surface area contributed by atoms with E-state index in [1.54, 1.807) is 7.11 Å². The van der Waals surface area contributed by atoms with Crippen molar-refractivity contribution in [2.45, 2.75) is 153 Å². The lowest BCUT2D eigenvalue weighted by atomic mass is 9.50. The van der Waals surface area contributed by atoms with Gasteiger partial charge in [-0.1, -0.05) is 98.6 Å². The molecule has 1 spiro atoms. The molecule has 4 heterocycles. The quantitative estimate of drug-likeness (QED) is 0.230. The maximum atomic E-state index is 14.0. The van der Waals surface area contributed by atoms with Gasteiger partial charge in [0.1, 0.15) is 18.5 Å². The minimum atomic E-state index is -2.12. The lowest BCUT2D eigenvalue weighted by Gasteiger charge is -2.67. The Labute approximate surface area is 292 Å².